The zero-order valence-electron chi connectivity index (χ0n) is 37.8. The number of nitrogens with one attached hydrogen (secondary N) is 2. The highest BCUT2D eigenvalue weighted by molar-refractivity contribution is 5.98. The minimum absolute atomic E-state index is 0.0607. The van der Waals surface area contributed by atoms with Crippen LogP contribution in [0.2, 0.25) is 0 Å². The average molecular weight is 903 g/mol. The minimum Gasteiger partial charge on any atom is -0.506 e. The van der Waals surface area contributed by atoms with E-state index in [9.17, 15) is 34.5 Å². The highest BCUT2D eigenvalue weighted by Crippen LogP contribution is 2.35. The maximum absolute atomic E-state index is 14.0. The number of carbonyl (C=O) groups excluding carboxylic acids is 3. The third-order valence-corrected chi connectivity index (χ3v) is 13.2. The number of rotatable bonds is 17. The lowest BCUT2D eigenvalue weighted by atomic mass is 9.84. The second-order valence-electron chi connectivity index (χ2n) is 17.9. The molecule has 0 spiro atoms. The number of aliphatic hydroxyl groups excluding tert-OH is 1. The Morgan fingerprint density at radius 1 is 0.836 bits per heavy atom. The second kappa shape index (κ2) is 21.3. The zero-order chi connectivity index (χ0) is 46.9. The number of aromatic hydroxyl groups is 1. The van der Waals surface area contributed by atoms with E-state index in [-0.39, 0.29) is 54.0 Å². The minimum atomic E-state index is -2.03. The molecule has 12 heteroatoms. The van der Waals surface area contributed by atoms with Crippen LogP contribution in [-0.2, 0) is 33.0 Å². The monoisotopic (exact) mass is 902 g/mol. The largest absolute Gasteiger partial charge is 0.506 e. The Morgan fingerprint density at radius 2 is 1.55 bits per heavy atom. The van der Waals surface area contributed by atoms with Gasteiger partial charge in [-0.3, -0.25) is 19.3 Å². The third-order valence-electron chi connectivity index (χ3n) is 13.2. The van der Waals surface area contributed by atoms with Crippen molar-refractivity contribution < 1.29 is 34.4 Å². The summed E-state index contributed by atoms with van der Waals surface area (Å²) in [5.41, 5.74) is 3.84. The summed E-state index contributed by atoms with van der Waals surface area (Å²) in [6.45, 7) is 6.20. The van der Waals surface area contributed by atoms with Gasteiger partial charge in [-0.2, -0.15) is 0 Å². The van der Waals surface area contributed by atoms with E-state index in [4.69, 9.17) is 4.74 Å². The van der Waals surface area contributed by atoms with Gasteiger partial charge in [0.15, 0.2) is 5.78 Å². The molecule has 67 heavy (non-hydrogen) atoms. The number of aromatic nitrogens is 1. The molecule has 6 aromatic rings. The van der Waals surface area contributed by atoms with E-state index < -0.39 is 23.6 Å². The van der Waals surface area contributed by atoms with Crippen LogP contribution in [-0.4, -0.2) is 87.1 Å². The van der Waals surface area contributed by atoms with Crippen molar-refractivity contribution in [1.29, 1.82) is 0 Å². The molecule has 1 amide bonds. The van der Waals surface area contributed by atoms with Gasteiger partial charge < -0.3 is 35.3 Å². The van der Waals surface area contributed by atoms with Crippen molar-refractivity contribution in [2.75, 3.05) is 39.3 Å². The molecule has 346 valence electrons. The molecule has 0 aliphatic carbocycles. The maximum atomic E-state index is 14.0. The number of fused-ring (bicyclic) bond motifs is 1. The highest BCUT2D eigenvalue weighted by atomic mass is 16.5. The molecule has 0 unspecified atom stereocenters. The molecule has 0 bridgehead atoms. The number of pyridine rings is 1. The number of piperidine rings is 1. The lowest BCUT2D eigenvalue weighted by molar-refractivity contribution is -0.164. The Bertz CT molecular complexity index is 2770. The van der Waals surface area contributed by atoms with Gasteiger partial charge in [-0.25, -0.2) is 4.79 Å². The summed E-state index contributed by atoms with van der Waals surface area (Å²) in [4.78, 5) is 59.5. The van der Waals surface area contributed by atoms with Gasteiger partial charge in [-0.1, -0.05) is 122 Å². The summed E-state index contributed by atoms with van der Waals surface area (Å²) in [5, 5.41) is 37.2. The number of ketones is 1. The topological polar surface area (TPSA) is 172 Å². The number of benzene rings is 5. The van der Waals surface area contributed by atoms with Crippen molar-refractivity contribution >= 4 is 34.1 Å². The Kier molecular flexibility index (Phi) is 14.9. The normalized spacial score (nSPS) is 16.5. The van der Waals surface area contributed by atoms with Gasteiger partial charge >= 0.3 is 5.97 Å². The molecule has 0 radical (unpaired) electrons. The number of nitrogens with zero attached hydrogens (tertiary/aromatic N) is 2. The van der Waals surface area contributed by atoms with E-state index in [1.165, 1.54) is 17.7 Å². The molecule has 5 aromatic carbocycles. The number of hydrogen-bond donors (Lipinski definition) is 5. The first-order valence-electron chi connectivity index (χ1n) is 23.1. The molecule has 1 aromatic heterocycles. The molecule has 12 nitrogen and oxygen atoms in total. The summed E-state index contributed by atoms with van der Waals surface area (Å²) in [6.07, 6.45) is 3.53. The first-order chi connectivity index (χ1) is 32.5. The number of Topliss-reactive ketones (excluding diaryl/α,β-unsaturated/α-hetero) is 1. The average Bonchev–Trinajstić information content (AvgIpc) is 3.36. The number of esters is 1. The van der Waals surface area contributed by atoms with E-state index in [2.05, 4.69) is 39.5 Å². The van der Waals surface area contributed by atoms with Crippen LogP contribution in [0.25, 0.3) is 16.5 Å². The fourth-order valence-electron chi connectivity index (χ4n) is 9.22. The van der Waals surface area contributed by atoms with Gasteiger partial charge in [0.1, 0.15) is 5.75 Å². The lowest BCUT2D eigenvalue weighted by Crippen LogP contribution is -2.40. The lowest BCUT2D eigenvalue weighted by Gasteiger charge is -2.33. The summed E-state index contributed by atoms with van der Waals surface area (Å²) in [6, 6.07) is 39.9. The number of phenols is 1. The van der Waals surface area contributed by atoms with Crippen LogP contribution in [0.3, 0.4) is 0 Å². The Balaban J connectivity index is 0.830. The Hall–Kier alpha value is -6.70. The smallest absolute Gasteiger partial charge is 0.347 e. The molecule has 2 aliphatic heterocycles. The predicted octanol–water partition coefficient (Wildman–Crippen LogP) is 7.27. The third kappa shape index (κ3) is 11.1. The number of likely N-dealkylation sites (tertiary alicyclic amines) is 1. The van der Waals surface area contributed by atoms with Crippen LogP contribution in [0, 0.1) is 11.8 Å². The van der Waals surface area contributed by atoms with E-state index >= 15 is 0 Å². The summed E-state index contributed by atoms with van der Waals surface area (Å²) in [5.74, 6) is -1.34. The molecule has 8 rings (SSSR count). The zero-order valence-corrected chi connectivity index (χ0v) is 37.8. The highest BCUT2D eigenvalue weighted by Gasteiger charge is 2.42. The number of H-pyrrole nitrogens is 1. The Morgan fingerprint density at radius 3 is 2.27 bits per heavy atom. The maximum Gasteiger partial charge on any atom is 0.347 e. The van der Waals surface area contributed by atoms with Crippen LogP contribution >= 0.6 is 0 Å². The van der Waals surface area contributed by atoms with Gasteiger partial charge in [0.25, 0.3) is 0 Å². The molecule has 3 heterocycles. The standard InChI is InChI=1S/C55H58N4O8/c1-37(31-49(61)42-17-15-38(16-18-42)33-56-34-50(62)46-19-21-48(60)52-47(46)20-22-51(63)57-52)53(64)59-29-25-41(26-30-59)43-11-8-14-45(32-43)55(66,44-12-6-3-7-13-44)54(65)67-36-40-23-27-58(28-24-40)35-39-9-4-2-5-10-39/h2-22,25,32,37,40,50,56,60,62,66H,23-24,26-31,33-36H2,1H3,(H,57,63)/t37-,50-,55-/m0/s1. The molecule has 5 N–H and O–H groups in total. The van der Waals surface area contributed by atoms with Gasteiger partial charge in [-0.05, 0) is 89.9 Å². The van der Waals surface area contributed by atoms with Crippen molar-refractivity contribution in [3.05, 3.63) is 189 Å². The molecule has 0 saturated carbocycles. The second-order valence-corrected chi connectivity index (χ2v) is 17.9. The summed E-state index contributed by atoms with van der Waals surface area (Å²) >= 11 is 0. The van der Waals surface area contributed by atoms with Crippen LogP contribution < -0.4 is 10.9 Å². The van der Waals surface area contributed by atoms with E-state index in [1.54, 1.807) is 66.4 Å². The van der Waals surface area contributed by atoms with Gasteiger partial charge in [-0.15, -0.1) is 0 Å². The molecule has 1 saturated heterocycles. The Labute approximate surface area is 390 Å². The van der Waals surface area contributed by atoms with Crippen LogP contribution in [0.4, 0.5) is 0 Å². The van der Waals surface area contributed by atoms with E-state index in [0.29, 0.717) is 53.7 Å². The van der Waals surface area contributed by atoms with Gasteiger partial charge in [0, 0.05) is 67.6 Å². The number of hydrogen-bond acceptors (Lipinski definition) is 10. The van der Waals surface area contributed by atoms with Gasteiger partial charge in [0.2, 0.25) is 17.1 Å². The quantitative estimate of drug-likeness (QED) is 0.0463. The van der Waals surface area contributed by atoms with E-state index in [1.807, 2.05) is 48.5 Å². The molecule has 3 atom stereocenters. The first-order valence-corrected chi connectivity index (χ1v) is 23.1. The fraction of sp³-hybridized carbons (Fsp3) is 0.309. The predicted molar refractivity (Wildman–Crippen MR) is 258 cm³/mol. The fourth-order valence-corrected chi connectivity index (χ4v) is 9.22. The van der Waals surface area contributed by atoms with Crippen molar-refractivity contribution in [3.63, 3.8) is 0 Å². The molecular weight excluding hydrogens is 845 g/mol. The number of ether oxygens (including phenoxy) is 1. The molecule has 1 fully saturated rings. The molecule has 2 aliphatic rings. The summed E-state index contributed by atoms with van der Waals surface area (Å²) < 4.78 is 5.95. The van der Waals surface area contributed by atoms with Crippen LogP contribution in [0.1, 0.15) is 82.4 Å². The number of aliphatic hydroxyl groups is 2. The van der Waals surface area contributed by atoms with Crippen molar-refractivity contribution in [2.24, 2.45) is 11.8 Å². The SMILES string of the molecule is C[C@@H](CC(=O)c1ccc(CNC[C@H](O)c2ccc(O)c3[nH]c(=O)ccc23)cc1)C(=O)N1CC=C(c2cccc([C@](O)(C(=O)OCC3CCN(Cc4ccccc4)CC3)c3ccccc3)c2)CC1. The van der Waals surface area contributed by atoms with Crippen molar-refractivity contribution in [2.45, 2.75) is 57.4 Å². The number of aromatic amines is 1. The van der Waals surface area contributed by atoms with Crippen molar-refractivity contribution in [1.82, 2.24) is 20.1 Å². The number of carbonyl (C=O) groups is 3. The van der Waals surface area contributed by atoms with E-state index in [0.717, 1.165) is 49.2 Å². The first kappa shape index (κ1) is 46.8. The number of amides is 1. The van der Waals surface area contributed by atoms with Crippen LogP contribution in [0.15, 0.2) is 144 Å². The van der Waals surface area contributed by atoms with Crippen molar-refractivity contribution in [3.8, 4) is 5.75 Å². The van der Waals surface area contributed by atoms with Crippen LogP contribution in [0.5, 0.6) is 5.75 Å². The van der Waals surface area contributed by atoms with Gasteiger partial charge in [0.05, 0.1) is 18.2 Å². The molecular formula is C55H58N4O8. The number of phenolic OH excluding ortho intramolecular Hbond substituents is 1. The summed E-state index contributed by atoms with van der Waals surface area (Å²) in [7, 11) is 0.